The molecule has 0 fully saturated rings. The molecule has 1 heterocycles. The van der Waals surface area contributed by atoms with E-state index in [1.165, 1.54) is 0 Å². The summed E-state index contributed by atoms with van der Waals surface area (Å²) in [4.78, 5) is 11.9. The Hall–Kier alpha value is -1.81. The van der Waals surface area contributed by atoms with Crippen LogP contribution in [0.5, 0.6) is 5.88 Å². The molecule has 0 aliphatic carbocycles. The van der Waals surface area contributed by atoms with Gasteiger partial charge in [-0.25, -0.2) is 4.68 Å². The van der Waals surface area contributed by atoms with E-state index in [-0.39, 0.29) is 17.3 Å². The molecular formula is C17H21ClN2O2. The number of halogens is 1. The van der Waals surface area contributed by atoms with Gasteiger partial charge in [0.05, 0.1) is 17.3 Å². The van der Waals surface area contributed by atoms with Crippen LogP contribution < -0.4 is 4.74 Å². The highest BCUT2D eigenvalue weighted by atomic mass is 35.5. The first-order valence-corrected chi connectivity index (χ1v) is 7.64. The first-order chi connectivity index (χ1) is 10.2. The summed E-state index contributed by atoms with van der Waals surface area (Å²) in [5.41, 5.74) is 1.46. The first-order valence-electron chi connectivity index (χ1n) is 7.26. The molecule has 0 unspecified atom stereocenters. The minimum absolute atomic E-state index is 0.150. The fourth-order valence-electron chi connectivity index (χ4n) is 1.82. The number of aromatic nitrogens is 2. The summed E-state index contributed by atoms with van der Waals surface area (Å²) in [5, 5.41) is 5.19. The molecule has 0 atom stereocenters. The third-order valence-corrected chi connectivity index (χ3v) is 3.41. The standard InChI is InChI=1S/C17H21ClN2O2/c1-11(2)16(21)22-15-10-14(17(3,4)5)19-20(15)13-8-6-7-12(18)9-13/h6-11H,1-5H3. The second kappa shape index (κ2) is 6.13. The van der Waals surface area contributed by atoms with Gasteiger partial charge >= 0.3 is 5.97 Å². The summed E-state index contributed by atoms with van der Waals surface area (Å²) < 4.78 is 7.11. The average molecular weight is 321 g/mol. The maximum atomic E-state index is 11.9. The molecule has 0 saturated heterocycles. The van der Waals surface area contributed by atoms with Gasteiger partial charge in [-0.05, 0) is 18.2 Å². The van der Waals surface area contributed by atoms with Crippen molar-refractivity contribution >= 4 is 17.6 Å². The van der Waals surface area contributed by atoms with E-state index in [0.717, 1.165) is 11.4 Å². The van der Waals surface area contributed by atoms with Crippen LogP contribution in [0.3, 0.4) is 0 Å². The number of esters is 1. The van der Waals surface area contributed by atoms with Crippen LogP contribution in [0.1, 0.15) is 40.3 Å². The molecule has 0 amide bonds. The molecule has 1 aromatic carbocycles. The first kappa shape index (κ1) is 16.6. The van der Waals surface area contributed by atoms with Crippen LogP contribution >= 0.6 is 11.6 Å². The molecule has 0 bridgehead atoms. The number of nitrogens with zero attached hydrogens (tertiary/aromatic N) is 2. The van der Waals surface area contributed by atoms with E-state index in [2.05, 4.69) is 25.9 Å². The molecule has 4 nitrogen and oxygen atoms in total. The largest absolute Gasteiger partial charge is 0.407 e. The van der Waals surface area contributed by atoms with Gasteiger partial charge in [-0.15, -0.1) is 0 Å². The lowest BCUT2D eigenvalue weighted by Crippen LogP contribution is -2.16. The number of carbonyl (C=O) groups is 1. The molecule has 0 aliphatic rings. The Morgan fingerprint density at radius 3 is 2.50 bits per heavy atom. The monoisotopic (exact) mass is 320 g/mol. The van der Waals surface area contributed by atoms with Crippen LogP contribution in [-0.2, 0) is 10.2 Å². The summed E-state index contributed by atoms with van der Waals surface area (Å²) in [6.45, 7) is 9.78. The van der Waals surface area contributed by atoms with Gasteiger partial charge in [0.25, 0.3) is 0 Å². The van der Waals surface area contributed by atoms with Crippen molar-refractivity contribution in [1.29, 1.82) is 0 Å². The average Bonchev–Trinajstić information content (AvgIpc) is 2.82. The van der Waals surface area contributed by atoms with Gasteiger partial charge in [0, 0.05) is 16.5 Å². The third kappa shape index (κ3) is 3.69. The topological polar surface area (TPSA) is 44.1 Å². The van der Waals surface area contributed by atoms with Crippen molar-refractivity contribution in [2.24, 2.45) is 5.92 Å². The molecule has 0 saturated carbocycles. The Balaban J connectivity index is 2.50. The maximum absolute atomic E-state index is 11.9. The highest BCUT2D eigenvalue weighted by molar-refractivity contribution is 6.30. The van der Waals surface area contributed by atoms with Gasteiger partial charge in [-0.3, -0.25) is 4.79 Å². The number of benzene rings is 1. The Morgan fingerprint density at radius 2 is 1.95 bits per heavy atom. The predicted molar refractivity (Wildman–Crippen MR) is 87.7 cm³/mol. The van der Waals surface area contributed by atoms with Gasteiger partial charge in [0.15, 0.2) is 0 Å². The van der Waals surface area contributed by atoms with E-state index >= 15 is 0 Å². The van der Waals surface area contributed by atoms with E-state index in [9.17, 15) is 4.79 Å². The zero-order chi connectivity index (χ0) is 16.5. The fourth-order valence-corrected chi connectivity index (χ4v) is 2.00. The van der Waals surface area contributed by atoms with E-state index in [1.54, 1.807) is 36.7 Å². The SMILES string of the molecule is CC(C)C(=O)Oc1cc(C(C)(C)C)nn1-c1cccc(Cl)c1. The van der Waals surface area contributed by atoms with Crippen LogP contribution in [-0.4, -0.2) is 15.7 Å². The lowest BCUT2D eigenvalue weighted by Gasteiger charge is -2.13. The Bertz CT molecular complexity index is 684. The fraction of sp³-hybridized carbons (Fsp3) is 0.412. The zero-order valence-corrected chi connectivity index (χ0v) is 14.3. The van der Waals surface area contributed by atoms with Gasteiger partial charge in [0.1, 0.15) is 0 Å². The minimum Gasteiger partial charge on any atom is -0.407 e. The Labute approximate surface area is 136 Å². The van der Waals surface area contributed by atoms with Crippen LogP contribution in [0.15, 0.2) is 30.3 Å². The predicted octanol–water partition coefficient (Wildman–Crippen LogP) is 4.38. The zero-order valence-electron chi connectivity index (χ0n) is 13.6. The Kier molecular flexibility index (Phi) is 4.61. The quantitative estimate of drug-likeness (QED) is 0.788. The van der Waals surface area contributed by atoms with Gasteiger partial charge in [-0.2, -0.15) is 5.10 Å². The molecular weight excluding hydrogens is 300 g/mol. The molecule has 1 aromatic heterocycles. The van der Waals surface area contributed by atoms with Crippen LogP contribution in [0.4, 0.5) is 0 Å². The van der Waals surface area contributed by atoms with Crippen LogP contribution in [0.25, 0.3) is 5.69 Å². The van der Waals surface area contributed by atoms with Gasteiger partial charge in [-0.1, -0.05) is 52.3 Å². The number of ether oxygens (including phenoxy) is 1. The molecule has 22 heavy (non-hydrogen) atoms. The van der Waals surface area contributed by atoms with Crippen molar-refractivity contribution in [2.45, 2.75) is 40.0 Å². The van der Waals surface area contributed by atoms with E-state index < -0.39 is 0 Å². The highest BCUT2D eigenvalue weighted by Gasteiger charge is 2.23. The lowest BCUT2D eigenvalue weighted by molar-refractivity contribution is -0.138. The number of rotatable bonds is 3. The minimum atomic E-state index is -0.288. The smallest absolute Gasteiger partial charge is 0.315 e. The van der Waals surface area contributed by atoms with Crippen LogP contribution in [0.2, 0.25) is 5.02 Å². The number of hydrogen-bond donors (Lipinski definition) is 0. The summed E-state index contributed by atoms with van der Waals surface area (Å²) in [5.74, 6) is -0.0877. The molecule has 5 heteroatoms. The van der Waals surface area contributed by atoms with Gasteiger partial charge in [0.2, 0.25) is 5.88 Å². The third-order valence-electron chi connectivity index (χ3n) is 3.17. The molecule has 2 rings (SSSR count). The molecule has 0 aliphatic heterocycles. The molecule has 0 spiro atoms. The van der Waals surface area contributed by atoms with E-state index in [1.807, 2.05) is 12.1 Å². The summed E-state index contributed by atoms with van der Waals surface area (Å²) in [7, 11) is 0. The van der Waals surface area contributed by atoms with Crippen molar-refractivity contribution in [1.82, 2.24) is 9.78 Å². The summed E-state index contributed by atoms with van der Waals surface area (Å²) >= 11 is 6.05. The van der Waals surface area contributed by atoms with Gasteiger partial charge < -0.3 is 4.74 Å². The molecule has 0 radical (unpaired) electrons. The molecule has 0 N–H and O–H groups in total. The maximum Gasteiger partial charge on any atom is 0.315 e. The Morgan fingerprint density at radius 1 is 1.27 bits per heavy atom. The van der Waals surface area contributed by atoms with Crippen molar-refractivity contribution in [2.75, 3.05) is 0 Å². The summed E-state index contributed by atoms with van der Waals surface area (Å²) in [6.07, 6.45) is 0. The van der Waals surface area contributed by atoms with Crippen molar-refractivity contribution < 1.29 is 9.53 Å². The molecule has 118 valence electrons. The second-order valence-corrected chi connectivity index (χ2v) is 7.02. The second-order valence-electron chi connectivity index (χ2n) is 6.59. The highest BCUT2D eigenvalue weighted by Crippen LogP contribution is 2.28. The number of hydrogen-bond acceptors (Lipinski definition) is 3. The summed E-state index contributed by atoms with van der Waals surface area (Å²) in [6, 6.07) is 9.09. The van der Waals surface area contributed by atoms with Crippen LogP contribution in [0, 0.1) is 5.92 Å². The van der Waals surface area contributed by atoms with Crippen molar-refractivity contribution in [3.05, 3.63) is 41.0 Å². The normalized spacial score (nSPS) is 11.8. The molecule has 2 aromatic rings. The van der Waals surface area contributed by atoms with E-state index in [4.69, 9.17) is 16.3 Å². The van der Waals surface area contributed by atoms with Crippen molar-refractivity contribution in [3.8, 4) is 11.6 Å². The van der Waals surface area contributed by atoms with E-state index in [0.29, 0.717) is 10.9 Å². The lowest BCUT2D eigenvalue weighted by atomic mass is 9.93. The number of carbonyl (C=O) groups excluding carboxylic acids is 1. The van der Waals surface area contributed by atoms with Crippen molar-refractivity contribution in [3.63, 3.8) is 0 Å².